The van der Waals surface area contributed by atoms with Gasteiger partial charge in [0.1, 0.15) is 0 Å². The summed E-state index contributed by atoms with van der Waals surface area (Å²) < 4.78 is 0. The van der Waals surface area contributed by atoms with Crippen LogP contribution in [0.5, 0.6) is 0 Å². The van der Waals surface area contributed by atoms with Crippen LogP contribution in [0.25, 0.3) is 0 Å². The van der Waals surface area contributed by atoms with Crippen LogP contribution < -0.4 is 5.32 Å². The Kier molecular flexibility index (Phi) is 6.50. The van der Waals surface area contributed by atoms with Crippen molar-refractivity contribution in [1.82, 2.24) is 15.1 Å². The maximum Gasteiger partial charge on any atom is 0.224 e. The van der Waals surface area contributed by atoms with Crippen LogP contribution in [0.4, 0.5) is 0 Å². The van der Waals surface area contributed by atoms with Crippen LogP contribution in [0, 0.1) is 0 Å². The first-order valence-corrected chi connectivity index (χ1v) is 8.34. The number of amides is 1. The molecule has 1 aliphatic heterocycles. The fourth-order valence-corrected chi connectivity index (χ4v) is 3.03. The van der Waals surface area contributed by atoms with E-state index in [-0.39, 0.29) is 12.3 Å². The molecule has 0 unspecified atom stereocenters. The standard InChI is InChI=1S/C16H23Cl2N3O/c1-12(21-7-5-20(2)6-8-21)11-19-16(22)9-13-3-4-14(17)10-15(13)18/h3-4,10,12H,5-9,11H2,1-2H3,(H,19,22)/t12-/m1/s1. The Morgan fingerprint density at radius 3 is 2.59 bits per heavy atom. The first-order chi connectivity index (χ1) is 10.5. The smallest absolute Gasteiger partial charge is 0.224 e. The molecule has 1 aromatic rings. The van der Waals surface area contributed by atoms with Gasteiger partial charge in [-0.1, -0.05) is 29.3 Å². The predicted molar refractivity (Wildman–Crippen MR) is 91.7 cm³/mol. The normalized spacial score (nSPS) is 18.2. The summed E-state index contributed by atoms with van der Waals surface area (Å²) in [5, 5.41) is 4.11. The quantitative estimate of drug-likeness (QED) is 0.890. The summed E-state index contributed by atoms with van der Waals surface area (Å²) in [4.78, 5) is 16.8. The van der Waals surface area contributed by atoms with E-state index in [1.54, 1.807) is 18.2 Å². The number of carbonyl (C=O) groups is 1. The average Bonchev–Trinajstić information content (AvgIpc) is 2.48. The topological polar surface area (TPSA) is 35.6 Å². The largest absolute Gasteiger partial charge is 0.354 e. The van der Waals surface area contributed by atoms with Crippen LogP contribution in [0.3, 0.4) is 0 Å². The lowest BCUT2D eigenvalue weighted by molar-refractivity contribution is -0.120. The molecule has 6 heteroatoms. The van der Waals surface area contributed by atoms with Gasteiger partial charge in [0, 0.05) is 48.8 Å². The molecule has 0 spiro atoms. The van der Waals surface area contributed by atoms with Gasteiger partial charge >= 0.3 is 0 Å². The molecular formula is C16H23Cl2N3O. The highest BCUT2D eigenvalue weighted by Crippen LogP contribution is 2.21. The number of benzene rings is 1. The molecule has 1 atom stereocenters. The molecule has 0 saturated carbocycles. The Bertz CT molecular complexity index is 516. The molecule has 1 N–H and O–H groups in total. The van der Waals surface area contributed by atoms with Crippen LogP contribution in [0.1, 0.15) is 12.5 Å². The number of halogens is 2. The lowest BCUT2D eigenvalue weighted by Gasteiger charge is -2.36. The maximum atomic E-state index is 12.1. The fraction of sp³-hybridized carbons (Fsp3) is 0.562. The van der Waals surface area contributed by atoms with E-state index >= 15 is 0 Å². The van der Waals surface area contributed by atoms with E-state index in [2.05, 4.69) is 29.1 Å². The van der Waals surface area contributed by atoms with Crippen LogP contribution in [-0.4, -0.2) is 61.5 Å². The lowest BCUT2D eigenvalue weighted by atomic mass is 10.1. The Hall–Kier alpha value is -0.810. The minimum atomic E-state index is -0.00907. The summed E-state index contributed by atoms with van der Waals surface area (Å²) in [6.45, 7) is 7.08. The van der Waals surface area contributed by atoms with Crippen molar-refractivity contribution in [2.75, 3.05) is 39.8 Å². The van der Waals surface area contributed by atoms with E-state index in [1.165, 1.54) is 0 Å². The average molecular weight is 344 g/mol. The summed E-state index contributed by atoms with van der Waals surface area (Å²) in [6, 6.07) is 5.56. The SMILES string of the molecule is C[C@H](CNC(=O)Cc1ccc(Cl)cc1Cl)N1CCN(C)CC1. The Labute approximate surface area is 142 Å². The van der Waals surface area contributed by atoms with Crippen molar-refractivity contribution in [1.29, 1.82) is 0 Å². The van der Waals surface area contributed by atoms with Gasteiger partial charge < -0.3 is 10.2 Å². The van der Waals surface area contributed by atoms with Gasteiger partial charge in [-0.05, 0) is 31.7 Å². The second-order valence-corrected chi connectivity index (χ2v) is 6.75. The number of nitrogens with zero attached hydrogens (tertiary/aromatic N) is 2. The zero-order valence-corrected chi connectivity index (χ0v) is 14.6. The first kappa shape index (κ1) is 17.5. The maximum absolute atomic E-state index is 12.1. The number of rotatable bonds is 5. The van der Waals surface area contributed by atoms with E-state index in [0.717, 1.165) is 31.7 Å². The van der Waals surface area contributed by atoms with Crippen LogP contribution >= 0.6 is 23.2 Å². The molecule has 0 bridgehead atoms. The van der Waals surface area contributed by atoms with Crippen LogP contribution in [0.2, 0.25) is 10.0 Å². The van der Waals surface area contributed by atoms with Gasteiger partial charge in [0.15, 0.2) is 0 Å². The molecule has 0 aromatic heterocycles. The fourth-order valence-electron chi connectivity index (χ4n) is 2.55. The summed E-state index contributed by atoms with van der Waals surface area (Å²) in [6.07, 6.45) is 0.283. The van der Waals surface area contributed by atoms with Crippen molar-refractivity contribution >= 4 is 29.1 Å². The minimum Gasteiger partial charge on any atom is -0.354 e. The number of likely N-dealkylation sites (N-methyl/N-ethyl adjacent to an activating group) is 1. The molecule has 1 amide bonds. The van der Waals surface area contributed by atoms with Crippen molar-refractivity contribution in [3.63, 3.8) is 0 Å². The first-order valence-electron chi connectivity index (χ1n) is 7.59. The van der Waals surface area contributed by atoms with Gasteiger partial charge in [0.2, 0.25) is 5.91 Å². The molecule has 22 heavy (non-hydrogen) atoms. The zero-order chi connectivity index (χ0) is 16.1. The van der Waals surface area contributed by atoms with Gasteiger partial charge in [-0.3, -0.25) is 9.69 Å². The van der Waals surface area contributed by atoms with Crippen LogP contribution in [0.15, 0.2) is 18.2 Å². The van der Waals surface area contributed by atoms with Gasteiger partial charge in [-0.25, -0.2) is 0 Å². The minimum absolute atomic E-state index is 0.00907. The number of nitrogens with one attached hydrogen (secondary N) is 1. The highest BCUT2D eigenvalue weighted by molar-refractivity contribution is 6.35. The van der Waals surface area contributed by atoms with Gasteiger partial charge in [-0.15, -0.1) is 0 Å². The molecule has 122 valence electrons. The molecular weight excluding hydrogens is 321 g/mol. The number of hydrogen-bond donors (Lipinski definition) is 1. The molecule has 4 nitrogen and oxygen atoms in total. The third-order valence-corrected chi connectivity index (χ3v) is 4.71. The van der Waals surface area contributed by atoms with Crippen molar-refractivity contribution in [2.24, 2.45) is 0 Å². The Balaban J connectivity index is 1.77. The highest BCUT2D eigenvalue weighted by atomic mass is 35.5. The van der Waals surface area contributed by atoms with E-state index in [0.29, 0.717) is 22.6 Å². The van der Waals surface area contributed by atoms with Gasteiger partial charge in [0.25, 0.3) is 0 Å². The zero-order valence-electron chi connectivity index (χ0n) is 13.1. The molecule has 2 rings (SSSR count). The molecule has 1 fully saturated rings. The van der Waals surface area contributed by atoms with Crippen molar-refractivity contribution < 1.29 is 4.79 Å². The Morgan fingerprint density at radius 1 is 1.27 bits per heavy atom. The summed E-state index contributed by atoms with van der Waals surface area (Å²) >= 11 is 12.0. The van der Waals surface area contributed by atoms with E-state index in [4.69, 9.17) is 23.2 Å². The molecule has 1 heterocycles. The summed E-state index contributed by atoms with van der Waals surface area (Å²) in [5.41, 5.74) is 0.802. The second-order valence-electron chi connectivity index (χ2n) is 5.90. The van der Waals surface area contributed by atoms with Gasteiger partial charge in [-0.2, -0.15) is 0 Å². The molecule has 1 aromatic carbocycles. The molecule has 0 radical (unpaired) electrons. The van der Waals surface area contributed by atoms with E-state index in [1.807, 2.05) is 0 Å². The predicted octanol–water partition coefficient (Wildman–Crippen LogP) is 2.29. The number of hydrogen-bond acceptors (Lipinski definition) is 3. The van der Waals surface area contributed by atoms with Crippen molar-refractivity contribution in [2.45, 2.75) is 19.4 Å². The molecule has 1 aliphatic rings. The Morgan fingerprint density at radius 2 is 1.95 bits per heavy atom. The third-order valence-electron chi connectivity index (χ3n) is 4.12. The van der Waals surface area contributed by atoms with Crippen molar-refractivity contribution in [3.8, 4) is 0 Å². The highest BCUT2D eigenvalue weighted by Gasteiger charge is 2.19. The lowest BCUT2D eigenvalue weighted by Crippen LogP contribution is -2.51. The number of piperazine rings is 1. The van der Waals surface area contributed by atoms with Gasteiger partial charge in [0.05, 0.1) is 6.42 Å². The van der Waals surface area contributed by atoms with E-state index in [9.17, 15) is 4.79 Å². The van der Waals surface area contributed by atoms with E-state index < -0.39 is 0 Å². The van der Waals surface area contributed by atoms with Crippen molar-refractivity contribution in [3.05, 3.63) is 33.8 Å². The third kappa shape index (κ3) is 5.13. The number of carbonyl (C=O) groups excluding carboxylic acids is 1. The summed E-state index contributed by atoms with van der Waals surface area (Å²) in [7, 11) is 2.14. The molecule has 0 aliphatic carbocycles. The second kappa shape index (κ2) is 8.16. The molecule has 1 saturated heterocycles. The summed E-state index contributed by atoms with van der Waals surface area (Å²) in [5.74, 6) is -0.00907. The monoisotopic (exact) mass is 343 g/mol. The van der Waals surface area contributed by atoms with Crippen LogP contribution in [-0.2, 0) is 11.2 Å².